The number of nitrogens with one attached hydrogen (secondary N) is 2. The van der Waals surface area contributed by atoms with Gasteiger partial charge in [0, 0.05) is 6.07 Å². The fourth-order valence-electron chi connectivity index (χ4n) is 2.16. The molecule has 0 aromatic heterocycles. The second-order valence-corrected chi connectivity index (χ2v) is 8.70. The minimum Gasteiger partial charge on any atom is -0.494 e. The number of ether oxygens (including phenoxy) is 1. The summed E-state index contributed by atoms with van der Waals surface area (Å²) in [6, 6.07) is 7.44. The largest absolute Gasteiger partial charge is 0.494 e. The molecule has 10 heteroatoms. The fourth-order valence-corrected chi connectivity index (χ4v) is 4.01. The Labute approximate surface area is 145 Å². The van der Waals surface area contributed by atoms with E-state index in [2.05, 4.69) is 9.44 Å². The van der Waals surface area contributed by atoms with Gasteiger partial charge in [-0.3, -0.25) is 9.44 Å². The van der Waals surface area contributed by atoms with Gasteiger partial charge in [-0.25, -0.2) is 21.2 Å². The molecule has 0 saturated heterocycles. The summed E-state index contributed by atoms with van der Waals surface area (Å²) in [6.07, 6.45) is 0.986. The highest BCUT2D eigenvalue weighted by Crippen LogP contribution is 2.30. The van der Waals surface area contributed by atoms with Gasteiger partial charge in [-0.05, 0) is 42.8 Å². The minimum absolute atomic E-state index is 0.0637. The molecule has 2 rings (SSSR count). The number of benzene rings is 2. The second-order valence-electron chi connectivity index (χ2n) is 5.30. The third-order valence-corrected chi connectivity index (χ3v) is 5.31. The molecule has 0 aliphatic carbocycles. The van der Waals surface area contributed by atoms with Crippen LogP contribution in [0.2, 0.25) is 0 Å². The molecule has 0 saturated carbocycles. The molecule has 7 nitrogen and oxygen atoms in total. The first-order chi connectivity index (χ1) is 11.5. The Morgan fingerprint density at radius 3 is 2.24 bits per heavy atom. The van der Waals surface area contributed by atoms with Crippen molar-refractivity contribution in [3.05, 3.63) is 47.8 Å². The van der Waals surface area contributed by atoms with Crippen molar-refractivity contribution in [3.8, 4) is 5.75 Å². The minimum atomic E-state index is -3.94. The lowest BCUT2D eigenvalue weighted by atomic mass is 10.2. The third kappa shape index (κ3) is 4.83. The zero-order valence-corrected chi connectivity index (χ0v) is 15.3. The normalized spacial score (nSPS) is 11.8. The molecule has 0 aliphatic rings. The van der Waals surface area contributed by atoms with Gasteiger partial charge in [0.15, 0.2) is 0 Å². The van der Waals surface area contributed by atoms with Gasteiger partial charge in [0.25, 0.3) is 10.0 Å². The first kappa shape index (κ1) is 19.0. The highest BCUT2D eigenvalue weighted by Gasteiger charge is 2.18. The van der Waals surface area contributed by atoms with Crippen LogP contribution in [0, 0.1) is 12.7 Å². The topological polar surface area (TPSA) is 102 Å². The number of sulfonamides is 2. The number of rotatable bonds is 6. The average molecular weight is 388 g/mol. The summed E-state index contributed by atoms with van der Waals surface area (Å²) < 4.78 is 70.4. The molecule has 2 aromatic rings. The highest BCUT2D eigenvalue weighted by atomic mass is 32.2. The van der Waals surface area contributed by atoms with E-state index >= 15 is 0 Å². The highest BCUT2D eigenvalue weighted by molar-refractivity contribution is 7.92. The molecule has 25 heavy (non-hydrogen) atoms. The predicted octanol–water partition coefficient (Wildman–Crippen LogP) is 2.32. The van der Waals surface area contributed by atoms with E-state index in [1.54, 1.807) is 0 Å². The Morgan fingerprint density at radius 2 is 1.68 bits per heavy atom. The molecule has 0 spiro atoms. The maximum Gasteiger partial charge on any atom is 0.262 e. The molecule has 0 radical (unpaired) electrons. The van der Waals surface area contributed by atoms with Gasteiger partial charge < -0.3 is 4.74 Å². The van der Waals surface area contributed by atoms with Crippen LogP contribution in [0.15, 0.2) is 41.3 Å². The summed E-state index contributed by atoms with van der Waals surface area (Å²) in [5.41, 5.74) is 0.598. The van der Waals surface area contributed by atoms with Crippen LogP contribution in [-0.4, -0.2) is 30.2 Å². The van der Waals surface area contributed by atoms with Crippen molar-refractivity contribution in [1.82, 2.24) is 0 Å². The first-order valence-electron chi connectivity index (χ1n) is 6.96. The molecule has 0 heterocycles. The Kier molecular flexibility index (Phi) is 5.23. The molecule has 0 aliphatic heterocycles. The zero-order valence-electron chi connectivity index (χ0n) is 13.7. The lowest BCUT2D eigenvalue weighted by Gasteiger charge is -2.14. The van der Waals surface area contributed by atoms with E-state index in [4.69, 9.17) is 4.74 Å². The number of hydrogen-bond donors (Lipinski definition) is 2. The molecular formula is C15H17FN2O5S2. The summed E-state index contributed by atoms with van der Waals surface area (Å²) in [4.78, 5) is -0.0637. The molecule has 136 valence electrons. The standard InChI is InChI=1S/C15H17FN2O5S2/c1-10-8-11(16)4-7-15(10)25(21,22)17-12-5-6-13(14(9-12)23-2)18-24(3,19)20/h4-9,17-18H,1-3H3. The second kappa shape index (κ2) is 6.89. The van der Waals surface area contributed by atoms with Crippen LogP contribution < -0.4 is 14.2 Å². The lowest BCUT2D eigenvalue weighted by Crippen LogP contribution is -2.15. The smallest absolute Gasteiger partial charge is 0.262 e. The van der Waals surface area contributed by atoms with E-state index in [9.17, 15) is 21.2 Å². The van der Waals surface area contributed by atoms with Crippen LogP contribution in [0.25, 0.3) is 0 Å². The SMILES string of the molecule is COc1cc(NS(=O)(=O)c2ccc(F)cc2C)ccc1NS(C)(=O)=O. The monoisotopic (exact) mass is 388 g/mol. The predicted molar refractivity (Wildman–Crippen MR) is 93.4 cm³/mol. The summed E-state index contributed by atoms with van der Waals surface area (Å²) in [5, 5.41) is 0. The van der Waals surface area contributed by atoms with Crippen molar-refractivity contribution in [2.24, 2.45) is 0 Å². The van der Waals surface area contributed by atoms with E-state index in [1.165, 1.54) is 38.3 Å². The van der Waals surface area contributed by atoms with Gasteiger partial charge in [-0.15, -0.1) is 0 Å². The maximum absolute atomic E-state index is 13.2. The molecule has 0 amide bonds. The van der Waals surface area contributed by atoms with Crippen molar-refractivity contribution in [2.75, 3.05) is 22.8 Å². The zero-order chi connectivity index (χ0) is 18.8. The van der Waals surface area contributed by atoms with Gasteiger partial charge in [-0.2, -0.15) is 0 Å². The number of anilines is 2. The first-order valence-corrected chi connectivity index (χ1v) is 10.3. The Balaban J connectivity index is 2.36. The third-order valence-electron chi connectivity index (χ3n) is 3.18. The molecule has 0 unspecified atom stereocenters. The Morgan fingerprint density at radius 1 is 1.00 bits per heavy atom. The van der Waals surface area contributed by atoms with Crippen molar-refractivity contribution in [1.29, 1.82) is 0 Å². The van der Waals surface area contributed by atoms with E-state index in [0.29, 0.717) is 0 Å². The summed E-state index contributed by atoms with van der Waals surface area (Å²) in [6.45, 7) is 1.48. The molecule has 0 atom stereocenters. The molecule has 0 fully saturated rings. The van der Waals surface area contributed by atoms with E-state index in [-0.39, 0.29) is 27.6 Å². The Hall–Kier alpha value is -2.33. The van der Waals surface area contributed by atoms with E-state index in [1.807, 2.05) is 0 Å². The van der Waals surface area contributed by atoms with E-state index < -0.39 is 25.9 Å². The Bertz CT molecular complexity index is 1000. The van der Waals surface area contributed by atoms with Crippen molar-refractivity contribution in [3.63, 3.8) is 0 Å². The van der Waals surface area contributed by atoms with Crippen LogP contribution in [0.3, 0.4) is 0 Å². The van der Waals surface area contributed by atoms with Crippen LogP contribution >= 0.6 is 0 Å². The number of aryl methyl sites for hydroxylation is 1. The van der Waals surface area contributed by atoms with Gasteiger partial charge in [0.2, 0.25) is 10.0 Å². The van der Waals surface area contributed by atoms with Crippen LogP contribution in [0.4, 0.5) is 15.8 Å². The summed E-state index contributed by atoms with van der Waals surface area (Å²) in [5.74, 6) is -0.393. The number of methoxy groups -OCH3 is 1. The molecule has 2 aromatic carbocycles. The number of hydrogen-bond acceptors (Lipinski definition) is 5. The number of halogens is 1. The van der Waals surface area contributed by atoms with Gasteiger partial charge in [-0.1, -0.05) is 0 Å². The quantitative estimate of drug-likeness (QED) is 0.791. The molecule has 2 N–H and O–H groups in total. The van der Waals surface area contributed by atoms with Gasteiger partial charge in [0.05, 0.1) is 29.6 Å². The van der Waals surface area contributed by atoms with Crippen molar-refractivity contribution < 1.29 is 26.0 Å². The van der Waals surface area contributed by atoms with Crippen LogP contribution in [-0.2, 0) is 20.0 Å². The summed E-state index contributed by atoms with van der Waals surface area (Å²) in [7, 11) is -6.13. The molecular weight excluding hydrogens is 371 g/mol. The van der Waals surface area contributed by atoms with Crippen LogP contribution in [0.1, 0.15) is 5.56 Å². The lowest BCUT2D eigenvalue weighted by molar-refractivity contribution is 0.417. The van der Waals surface area contributed by atoms with Gasteiger partial charge >= 0.3 is 0 Å². The van der Waals surface area contributed by atoms with Crippen molar-refractivity contribution >= 4 is 31.4 Å². The maximum atomic E-state index is 13.2. The molecule has 0 bridgehead atoms. The average Bonchev–Trinajstić information content (AvgIpc) is 2.46. The van der Waals surface area contributed by atoms with Crippen molar-refractivity contribution in [2.45, 2.75) is 11.8 Å². The fraction of sp³-hybridized carbons (Fsp3) is 0.200. The summed E-state index contributed by atoms with van der Waals surface area (Å²) >= 11 is 0. The van der Waals surface area contributed by atoms with Gasteiger partial charge in [0.1, 0.15) is 11.6 Å². The van der Waals surface area contributed by atoms with E-state index in [0.717, 1.165) is 18.4 Å². The van der Waals surface area contributed by atoms with Crippen LogP contribution in [0.5, 0.6) is 5.75 Å².